The second kappa shape index (κ2) is 11.1. The number of piperidine rings is 1. The number of nitrogens with zero attached hydrogens (tertiary/aromatic N) is 1. The molecule has 1 amide bonds. The van der Waals surface area contributed by atoms with Crippen LogP contribution in [0.3, 0.4) is 0 Å². The standard InChI is InChI=1S/C19H29N3O4S.ClH/c23-19(15-20-14-17-5-4-12-26-17)21-13-16-6-8-18(9-7-16)27(24,25)22-10-2-1-3-11-22;/h6-9,17,20H,1-5,10-15H2,(H,21,23);1H. The quantitative estimate of drug-likeness (QED) is 0.653. The number of halogens is 1. The van der Waals surface area contributed by atoms with Gasteiger partial charge >= 0.3 is 0 Å². The molecule has 3 rings (SSSR count). The highest BCUT2D eigenvalue weighted by atomic mass is 35.5. The maximum atomic E-state index is 12.6. The number of amides is 1. The number of benzene rings is 1. The maximum Gasteiger partial charge on any atom is 0.243 e. The summed E-state index contributed by atoms with van der Waals surface area (Å²) in [5, 5.41) is 5.95. The summed E-state index contributed by atoms with van der Waals surface area (Å²) in [6, 6.07) is 6.77. The van der Waals surface area contributed by atoms with Crippen molar-refractivity contribution in [3.8, 4) is 0 Å². The van der Waals surface area contributed by atoms with Crippen LogP contribution in [0.1, 0.15) is 37.7 Å². The highest BCUT2D eigenvalue weighted by molar-refractivity contribution is 7.89. The smallest absolute Gasteiger partial charge is 0.243 e. The van der Waals surface area contributed by atoms with E-state index in [1.54, 1.807) is 28.6 Å². The van der Waals surface area contributed by atoms with E-state index in [-0.39, 0.29) is 31.0 Å². The van der Waals surface area contributed by atoms with Gasteiger partial charge in [0.25, 0.3) is 0 Å². The van der Waals surface area contributed by atoms with E-state index in [9.17, 15) is 13.2 Å². The lowest BCUT2D eigenvalue weighted by Gasteiger charge is -2.25. The molecule has 9 heteroatoms. The van der Waals surface area contributed by atoms with Crippen LogP contribution < -0.4 is 10.6 Å². The molecular weight excluding hydrogens is 402 g/mol. The Morgan fingerprint density at radius 3 is 2.46 bits per heavy atom. The Hall–Kier alpha value is -1.19. The van der Waals surface area contributed by atoms with E-state index in [2.05, 4.69) is 10.6 Å². The second-order valence-corrected chi connectivity index (χ2v) is 9.09. The van der Waals surface area contributed by atoms with E-state index in [1.807, 2.05) is 0 Å². The van der Waals surface area contributed by atoms with E-state index in [0.717, 1.165) is 44.3 Å². The van der Waals surface area contributed by atoms with Crippen LogP contribution in [0.4, 0.5) is 0 Å². The van der Waals surface area contributed by atoms with Gasteiger partial charge in [-0.2, -0.15) is 4.31 Å². The van der Waals surface area contributed by atoms with Crippen molar-refractivity contribution in [2.24, 2.45) is 0 Å². The molecule has 2 heterocycles. The monoisotopic (exact) mass is 431 g/mol. The number of hydrogen-bond acceptors (Lipinski definition) is 5. The minimum Gasteiger partial charge on any atom is -0.377 e. The molecule has 0 saturated carbocycles. The van der Waals surface area contributed by atoms with Gasteiger partial charge in [0.05, 0.1) is 17.5 Å². The zero-order valence-electron chi connectivity index (χ0n) is 16.1. The van der Waals surface area contributed by atoms with Gasteiger partial charge in [-0.05, 0) is 43.4 Å². The summed E-state index contributed by atoms with van der Waals surface area (Å²) < 4.78 is 32.3. The number of sulfonamides is 1. The normalized spacial score (nSPS) is 20.5. The van der Waals surface area contributed by atoms with E-state index >= 15 is 0 Å². The Balaban J connectivity index is 0.00000280. The minimum atomic E-state index is -3.41. The van der Waals surface area contributed by atoms with Crippen LogP contribution in [-0.4, -0.2) is 57.5 Å². The Kier molecular flexibility index (Phi) is 9.17. The number of carbonyl (C=O) groups excluding carboxylic acids is 1. The Morgan fingerprint density at radius 2 is 1.82 bits per heavy atom. The molecule has 0 aliphatic carbocycles. The van der Waals surface area contributed by atoms with Crippen LogP contribution in [0.15, 0.2) is 29.2 Å². The Morgan fingerprint density at radius 1 is 1.11 bits per heavy atom. The highest BCUT2D eigenvalue weighted by Gasteiger charge is 2.25. The van der Waals surface area contributed by atoms with Crippen molar-refractivity contribution in [3.63, 3.8) is 0 Å². The van der Waals surface area contributed by atoms with Crippen LogP contribution >= 0.6 is 12.4 Å². The third kappa shape index (κ3) is 6.42. The van der Waals surface area contributed by atoms with Crippen LogP contribution in [-0.2, 0) is 26.1 Å². The summed E-state index contributed by atoms with van der Waals surface area (Å²) in [6.45, 7) is 3.32. The summed E-state index contributed by atoms with van der Waals surface area (Å²) in [5.41, 5.74) is 0.875. The van der Waals surface area contributed by atoms with Gasteiger partial charge in [0.2, 0.25) is 15.9 Å². The summed E-state index contributed by atoms with van der Waals surface area (Å²) in [7, 11) is -3.41. The van der Waals surface area contributed by atoms with Crippen LogP contribution in [0, 0.1) is 0 Å². The first-order valence-electron chi connectivity index (χ1n) is 9.74. The maximum absolute atomic E-state index is 12.6. The van der Waals surface area contributed by atoms with Crippen molar-refractivity contribution in [1.29, 1.82) is 0 Å². The van der Waals surface area contributed by atoms with Gasteiger partial charge in [0.15, 0.2) is 0 Å². The molecule has 1 aromatic carbocycles. The Labute approximate surface area is 173 Å². The SMILES string of the molecule is Cl.O=C(CNCC1CCCO1)NCc1ccc(S(=O)(=O)N2CCCCC2)cc1. The van der Waals surface area contributed by atoms with Gasteiger partial charge < -0.3 is 15.4 Å². The minimum absolute atomic E-state index is 0. The molecular formula is C19H30ClN3O4S. The zero-order valence-corrected chi connectivity index (χ0v) is 17.7. The predicted molar refractivity (Wildman–Crippen MR) is 110 cm³/mol. The van der Waals surface area contributed by atoms with Crippen molar-refractivity contribution in [2.75, 3.05) is 32.8 Å². The van der Waals surface area contributed by atoms with E-state index in [4.69, 9.17) is 4.74 Å². The van der Waals surface area contributed by atoms with Crippen molar-refractivity contribution in [3.05, 3.63) is 29.8 Å². The molecule has 0 spiro atoms. The lowest BCUT2D eigenvalue weighted by Crippen LogP contribution is -2.37. The van der Waals surface area contributed by atoms with Crippen molar-refractivity contribution >= 4 is 28.3 Å². The summed E-state index contributed by atoms with van der Waals surface area (Å²) in [6.07, 6.45) is 5.28. The first-order valence-corrected chi connectivity index (χ1v) is 11.2. The molecule has 0 bridgehead atoms. The number of carbonyl (C=O) groups is 1. The highest BCUT2D eigenvalue weighted by Crippen LogP contribution is 2.20. The van der Waals surface area contributed by atoms with Crippen LogP contribution in [0.5, 0.6) is 0 Å². The van der Waals surface area contributed by atoms with E-state index in [1.165, 1.54) is 0 Å². The second-order valence-electron chi connectivity index (χ2n) is 7.15. The lowest BCUT2D eigenvalue weighted by atomic mass is 10.2. The topological polar surface area (TPSA) is 87.7 Å². The van der Waals surface area contributed by atoms with Crippen molar-refractivity contribution in [1.82, 2.24) is 14.9 Å². The molecule has 1 aromatic rings. The fraction of sp³-hybridized carbons (Fsp3) is 0.632. The summed E-state index contributed by atoms with van der Waals surface area (Å²) in [4.78, 5) is 12.2. The molecule has 1 unspecified atom stereocenters. The van der Waals surface area contributed by atoms with E-state index < -0.39 is 10.0 Å². The van der Waals surface area contributed by atoms with Crippen LogP contribution in [0.2, 0.25) is 0 Å². The summed E-state index contributed by atoms with van der Waals surface area (Å²) in [5.74, 6) is -0.0852. The first kappa shape index (κ1) is 23.1. The van der Waals surface area contributed by atoms with Crippen LogP contribution in [0.25, 0.3) is 0 Å². The van der Waals surface area contributed by atoms with Gasteiger partial charge in [0, 0.05) is 32.8 Å². The average Bonchev–Trinajstić information content (AvgIpc) is 3.21. The average molecular weight is 432 g/mol. The zero-order chi connectivity index (χ0) is 19.1. The van der Waals surface area contributed by atoms with E-state index in [0.29, 0.717) is 31.1 Å². The molecule has 158 valence electrons. The molecule has 1 atom stereocenters. The number of nitrogens with one attached hydrogen (secondary N) is 2. The molecule has 28 heavy (non-hydrogen) atoms. The molecule has 2 aliphatic rings. The lowest BCUT2D eigenvalue weighted by molar-refractivity contribution is -0.120. The molecule has 0 radical (unpaired) electrons. The van der Waals surface area contributed by atoms with Gasteiger partial charge in [-0.1, -0.05) is 18.6 Å². The van der Waals surface area contributed by atoms with Crippen molar-refractivity contribution in [2.45, 2.75) is 49.6 Å². The molecule has 7 nitrogen and oxygen atoms in total. The first-order chi connectivity index (χ1) is 13.1. The van der Waals surface area contributed by atoms with Gasteiger partial charge in [-0.25, -0.2) is 8.42 Å². The molecule has 2 aliphatic heterocycles. The molecule has 0 aromatic heterocycles. The fourth-order valence-electron chi connectivity index (χ4n) is 3.45. The fourth-order valence-corrected chi connectivity index (χ4v) is 4.97. The predicted octanol–water partition coefficient (Wildman–Crippen LogP) is 1.67. The molecule has 2 fully saturated rings. The number of hydrogen-bond donors (Lipinski definition) is 2. The largest absolute Gasteiger partial charge is 0.377 e. The number of rotatable bonds is 8. The molecule has 2 saturated heterocycles. The summed E-state index contributed by atoms with van der Waals surface area (Å²) >= 11 is 0. The van der Waals surface area contributed by atoms with Gasteiger partial charge in [-0.3, -0.25) is 4.79 Å². The number of ether oxygens (including phenoxy) is 1. The Bertz CT molecular complexity index is 715. The van der Waals surface area contributed by atoms with Crippen molar-refractivity contribution < 1.29 is 17.9 Å². The van der Waals surface area contributed by atoms with Gasteiger partial charge in [-0.15, -0.1) is 12.4 Å². The third-order valence-electron chi connectivity index (χ3n) is 5.05. The third-order valence-corrected chi connectivity index (χ3v) is 6.96. The molecule has 2 N–H and O–H groups in total. The van der Waals surface area contributed by atoms with Gasteiger partial charge in [0.1, 0.15) is 0 Å².